The Kier molecular flexibility index (Phi) is 9.13. The minimum absolute atomic E-state index is 0.0187. The summed E-state index contributed by atoms with van der Waals surface area (Å²) in [6, 6.07) is 92.6. The van der Waals surface area contributed by atoms with E-state index in [0.29, 0.717) is 0 Å². The normalized spacial score (nSPS) is 12.7. The molecule has 13 aromatic rings. The van der Waals surface area contributed by atoms with Crippen molar-refractivity contribution in [1.29, 1.82) is 0 Å². The van der Waals surface area contributed by atoms with Crippen LogP contribution in [0.15, 0.2) is 249 Å². The summed E-state index contributed by atoms with van der Waals surface area (Å²) >= 11 is 3.73. The van der Waals surface area contributed by atoms with E-state index < -0.39 is 0 Å². The van der Waals surface area contributed by atoms with E-state index in [4.69, 9.17) is 0 Å². The van der Waals surface area contributed by atoms with Crippen LogP contribution in [0.1, 0.15) is 0 Å². The Morgan fingerprint density at radius 2 is 0.606 bits per heavy atom. The molecule has 2 aromatic heterocycles. The van der Waals surface area contributed by atoms with Gasteiger partial charge in [0.25, 0.3) is 6.71 Å². The molecule has 0 radical (unpaired) electrons. The maximum atomic E-state index is 2.49. The highest BCUT2D eigenvalue weighted by atomic mass is 32.1. The summed E-state index contributed by atoms with van der Waals surface area (Å²) in [5.41, 5.74) is 20.7. The summed E-state index contributed by atoms with van der Waals surface area (Å²) in [5.74, 6) is 0. The van der Waals surface area contributed by atoms with Crippen LogP contribution >= 0.6 is 22.7 Å². The van der Waals surface area contributed by atoms with Gasteiger partial charge in [0.05, 0.1) is 0 Å². The van der Waals surface area contributed by atoms with E-state index in [9.17, 15) is 0 Å². The lowest BCUT2D eigenvalue weighted by Gasteiger charge is -2.44. The fourth-order valence-corrected chi connectivity index (χ4v) is 13.7. The third-order valence-electron chi connectivity index (χ3n) is 14.9. The first kappa shape index (κ1) is 40.4. The number of thiophene rings is 2. The van der Waals surface area contributed by atoms with E-state index in [1.165, 1.54) is 124 Å². The van der Waals surface area contributed by atoms with Crippen LogP contribution in [-0.4, -0.2) is 6.71 Å². The van der Waals surface area contributed by atoms with Crippen molar-refractivity contribution in [3.05, 3.63) is 249 Å². The van der Waals surface area contributed by atoms with Gasteiger partial charge in [-0.25, -0.2) is 0 Å². The van der Waals surface area contributed by atoms with E-state index in [0.717, 1.165) is 11.4 Å². The maximum Gasteiger partial charge on any atom is 0.252 e. The molecule has 0 unspecified atom stereocenters. The van der Waals surface area contributed by atoms with E-state index in [-0.39, 0.29) is 6.71 Å². The van der Waals surface area contributed by atoms with E-state index in [1.807, 2.05) is 22.7 Å². The van der Waals surface area contributed by atoms with Crippen molar-refractivity contribution in [1.82, 2.24) is 0 Å². The first-order valence-electron chi connectivity index (χ1n) is 24.3. The minimum atomic E-state index is 0.0187. The molecular formula is C66H41BN2S2. The summed E-state index contributed by atoms with van der Waals surface area (Å²) in [4.78, 5) is 4.98. The molecule has 15 rings (SSSR count). The first-order valence-corrected chi connectivity index (χ1v) is 26.0. The Labute approximate surface area is 420 Å². The van der Waals surface area contributed by atoms with Gasteiger partial charge in [0, 0.05) is 74.5 Å². The molecule has 2 nitrogen and oxygen atoms in total. The van der Waals surface area contributed by atoms with Crippen LogP contribution in [-0.2, 0) is 0 Å². The molecule has 11 aromatic carbocycles. The van der Waals surface area contributed by atoms with Crippen molar-refractivity contribution in [3.8, 4) is 44.5 Å². The van der Waals surface area contributed by atoms with Crippen molar-refractivity contribution >= 4 is 120 Å². The second kappa shape index (κ2) is 16.0. The number of fused-ring (bicyclic) bond motifs is 10. The number of nitrogens with zero attached hydrogens (tertiary/aromatic N) is 2. The Morgan fingerprint density at radius 3 is 1.04 bits per heavy atom. The van der Waals surface area contributed by atoms with Crippen LogP contribution in [0.3, 0.4) is 0 Å². The molecule has 0 amide bonds. The Balaban J connectivity index is 0.843. The number of rotatable bonds is 6. The average molecular weight is 937 g/mol. The fraction of sp³-hybridized carbons (Fsp3) is 0. The van der Waals surface area contributed by atoms with Gasteiger partial charge in [-0.2, -0.15) is 0 Å². The molecule has 0 saturated heterocycles. The Morgan fingerprint density at radius 1 is 0.254 bits per heavy atom. The van der Waals surface area contributed by atoms with Gasteiger partial charge < -0.3 is 9.80 Å². The van der Waals surface area contributed by atoms with Crippen molar-refractivity contribution in [3.63, 3.8) is 0 Å². The molecule has 4 heterocycles. The fourth-order valence-electron chi connectivity index (χ4n) is 11.5. The molecule has 0 N–H and O–H groups in total. The standard InChI is InChI=1S/C66H41BN2S2/c1-3-12-50(13-4-1)68-58-18-11-19-59-66(58)67(56-34-30-48(40-60(56)68)44-26-22-42(23-27-44)46-32-36-64-54(38-46)52-16-7-9-20-62(52)70-64)57-35-31-49(41-61(57)69(59)51-14-5-2-6-15-51)45-28-24-43(25-29-45)47-33-37-65-55(39-47)53-17-8-10-21-63(53)71-65/h1-41H. The molecule has 0 spiro atoms. The van der Waals surface area contributed by atoms with Crippen LogP contribution < -0.4 is 26.2 Å². The van der Waals surface area contributed by atoms with Crippen molar-refractivity contribution in [2.75, 3.05) is 9.80 Å². The highest BCUT2D eigenvalue weighted by molar-refractivity contribution is 7.26. The van der Waals surface area contributed by atoms with Gasteiger partial charge in [0.15, 0.2) is 0 Å². The summed E-state index contributed by atoms with van der Waals surface area (Å²) in [5, 5.41) is 5.30. The zero-order chi connectivity index (χ0) is 46.6. The van der Waals surface area contributed by atoms with Gasteiger partial charge in [-0.3, -0.25) is 0 Å². The molecule has 5 heteroatoms. The van der Waals surface area contributed by atoms with Crippen LogP contribution in [0.2, 0.25) is 0 Å². The zero-order valence-electron chi connectivity index (χ0n) is 38.5. The van der Waals surface area contributed by atoms with Crippen molar-refractivity contribution in [2.24, 2.45) is 0 Å². The lowest BCUT2D eigenvalue weighted by Crippen LogP contribution is -2.61. The topological polar surface area (TPSA) is 6.48 Å². The number of benzene rings is 11. The first-order chi connectivity index (χ1) is 35.2. The molecule has 0 saturated carbocycles. The smallest absolute Gasteiger partial charge is 0.252 e. The summed E-state index contributed by atoms with van der Waals surface area (Å²) in [6.07, 6.45) is 0. The maximum absolute atomic E-state index is 2.49. The van der Waals surface area contributed by atoms with Gasteiger partial charge in [-0.05, 0) is 146 Å². The Bertz CT molecular complexity index is 3960. The van der Waals surface area contributed by atoms with Crippen LogP contribution in [0.4, 0.5) is 34.1 Å². The van der Waals surface area contributed by atoms with E-state index in [2.05, 4.69) is 259 Å². The number of anilines is 6. The minimum Gasteiger partial charge on any atom is -0.311 e. The molecule has 330 valence electrons. The molecule has 2 aliphatic rings. The zero-order valence-corrected chi connectivity index (χ0v) is 40.1. The molecule has 71 heavy (non-hydrogen) atoms. The molecule has 0 fully saturated rings. The second-order valence-corrected chi connectivity index (χ2v) is 21.0. The summed E-state index contributed by atoms with van der Waals surface area (Å²) in [6.45, 7) is 0.0187. The van der Waals surface area contributed by atoms with E-state index >= 15 is 0 Å². The van der Waals surface area contributed by atoms with Crippen LogP contribution in [0, 0.1) is 0 Å². The lowest BCUT2D eigenvalue weighted by molar-refractivity contribution is 1.25. The highest BCUT2D eigenvalue weighted by Gasteiger charge is 2.43. The third-order valence-corrected chi connectivity index (χ3v) is 17.2. The second-order valence-electron chi connectivity index (χ2n) is 18.8. The number of hydrogen-bond donors (Lipinski definition) is 0. The molecule has 0 aliphatic carbocycles. The quantitative estimate of drug-likeness (QED) is 0.153. The van der Waals surface area contributed by atoms with Gasteiger partial charge >= 0.3 is 0 Å². The average Bonchev–Trinajstić information content (AvgIpc) is 4.01. The lowest BCUT2D eigenvalue weighted by atomic mass is 9.33. The number of para-hydroxylation sites is 2. The predicted molar refractivity (Wildman–Crippen MR) is 308 cm³/mol. The number of hydrogen-bond acceptors (Lipinski definition) is 4. The van der Waals surface area contributed by atoms with E-state index in [1.54, 1.807) is 0 Å². The Hall–Kier alpha value is -8.48. The van der Waals surface area contributed by atoms with Crippen molar-refractivity contribution in [2.45, 2.75) is 0 Å². The van der Waals surface area contributed by atoms with Crippen LogP contribution in [0.5, 0.6) is 0 Å². The monoisotopic (exact) mass is 936 g/mol. The van der Waals surface area contributed by atoms with Crippen molar-refractivity contribution < 1.29 is 0 Å². The molecular weight excluding hydrogens is 896 g/mol. The van der Waals surface area contributed by atoms with Gasteiger partial charge in [0.1, 0.15) is 0 Å². The van der Waals surface area contributed by atoms with Crippen LogP contribution in [0.25, 0.3) is 84.9 Å². The van der Waals surface area contributed by atoms with Gasteiger partial charge in [-0.1, -0.05) is 164 Å². The molecule has 0 atom stereocenters. The largest absolute Gasteiger partial charge is 0.311 e. The van der Waals surface area contributed by atoms with Gasteiger partial charge in [-0.15, -0.1) is 22.7 Å². The predicted octanol–water partition coefficient (Wildman–Crippen LogP) is 17.2. The summed E-state index contributed by atoms with van der Waals surface area (Å²) in [7, 11) is 0. The van der Waals surface area contributed by atoms with Gasteiger partial charge in [0.2, 0.25) is 0 Å². The SMILES string of the molecule is c1ccc(N2c3cc(-c4ccc(-c5ccc6sc7ccccc7c6c5)cc4)ccc3B3c4ccc(-c5ccc(-c6ccc7sc8ccccc8c7c6)cc5)cc4N(c4ccccc4)c4cccc2c43)cc1. The molecule has 0 bridgehead atoms. The molecule has 2 aliphatic heterocycles. The highest BCUT2D eigenvalue weighted by Crippen LogP contribution is 2.46. The summed E-state index contributed by atoms with van der Waals surface area (Å²) < 4.78 is 5.32. The third kappa shape index (κ3) is 6.47.